The number of amidine groups is 1. The molecule has 0 saturated heterocycles. The van der Waals surface area contributed by atoms with Crippen molar-refractivity contribution in [3.63, 3.8) is 0 Å². The number of nitrogens with two attached hydrogens (primary N) is 1. The number of carbonyl (C=O) groups excluding carboxylic acids is 1. The smallest absolute Gasteiger partial charge is 0.346 e. The lowest BCUT2D eigenvalue weighted by Crippen LogP contribution is -2.55. The summed E-state index contributed by atoms with van der Waals surface area (Å²) in [4.78, 5) is 17.6. The van der Waals surface area contributed by atoms with Crippen LogP contribution in [-0.4, -0.2) is 28.9 Å². The molecule has 1 fully saturated rings. The van der Waals surface area contributed by atoms with Gasteiger partial charge in [-0.3, -0.25) is 4.90 Å². The molecule has 1 aromatic carbocycles. The lowest BCUT2D eigenvalue weighted by molar-refractivity contribution is 0.148. The summed E-state index contributed by atoms with van der Waals surface area (Å²) in [5, 5.41) is 0. The van der Waals surface area contributed by atoms with Crippen molar-refractivity contribution in [2.75, 3.05) is 6.54 Å². The van der Waals surface area contributed by atoms with Gasteiger partial charge in [0.1, 0.15) is 11.4 Å². The lowest BCUT2D eigenvalue weighted by Gasteiger charge is -2.42. The summed E-state index contributed by atoms with van der Waals surface area (Å²) < 4.78 is 0. The van der Waals surface area contributed by atoms with Crippen LogP contribution in [0.25, 0.3) is 0 Å². The quantitative estimate of drug-likeness (QED) is 0.847. The molecule has 0 aromatic heterocycles. The normalized spacial score (nSPS) is 28.5. The van der Waals surface area contributed by atoms with Crippen LogP contribution in [0.15, 0.2) is 35.3 Å². The Morgan fingerprint density at radius 3 is 2.62 bits per heavy atom. The molecule has 21 heavy (non-hydrogen) atoms. The number of carbonyl (C=O) groups is 1. The minimum atomic E-state index is -0.450. The zero-order chi connectivity index (χ0) is 14.9. The van der Waals surface area contributed by atoms with Crippen molar-refractivity contribution < 1.29 is 4.79 Å². The van der Waals surface area contributed by atoms with Crippen LogP contribution in [0, 0.1) is 12.3 Å². The van der Waals surface area contributed by atoms with Gasteiger partial charge in [-0.25, -0.2) is 4.79 Å². The summed E-state index contributed by atoms with van der Waals surface area (Å²) in [7, 11) is 0. The van der Waals surface area contributed by atoms with Crippen molar-refractivity contribution in [3.05, 3.63) is 35.9 Å². The molecule has 2 amide bonds. The maximum absolute atomic E-state index is 12.0. The highest BCUT2D eigenvalue weighted by Crippen LogP contribution is 2.43. The van der Waals surface area contributed by atoms with E-state index in [1.807, 2.05) is 6.07 Å². The Bertz CT molecular complexity index is 607. The number of nitrogens with zero attached hydrogens (tertiary/aromatic N) is 2. The minimum Gasteiger partial charge on any atom is -0.385 e. The molecule has 0 radical (unpaired) electrons. The average molecular weight is 281 g/mol. The molecule has 1 aliphatic carbocycles. The standard InChI is InChI=1S/C17H19N3O/c1-2-12-20-16(21)19-15(18)17(20)10-8-14(9-11-17)13-6-4-3-5-7-13/h1,3-7,14H,8-12H2,(H2,18,19,21). The first kappa shape index (κ1) is 13.7. The third-order valence-corrected chi connectivity index (χ3v) is 4.77. The van der Waals surface area contributed by atoms with Gasteiger partial charge in [0.2, 0.25) is 0 Å². The SMILES string of the molecule is C#CCN1C(=O)N=C(N)C12CCC(c1ccccc1)CC2. The molecule has 1 aliphatic heterocycles. The number of urea groups is 1. The van der Waals surface area contributed by atoms with Gasteiger partial charge < -0.3 is 5.73 Å². The monoisotopic (exact) mass is 281 g/mol. The zero-order valence-electron chi connectivity index (χ0n) is 12.0. The van der Waals surface area contributed by atoms with E-state index in [1.54, 1.807) is 4.90 Å². The molecular weight excluding hydrogens is 262 g/mol. The molecule has 0 unspecified atom stereocenters. The lowest BCUT2D eigenvalue weighted by atomic mass is 9.73. The summed E-state index contributed by atoms with van der Waals surface area (Å²) in [6, 6.07) is 10.2. The molecule has 2 aliphatic rings. The van der Waals surface area contributed by atoms with Crippen molar-refractivity contribution >= 4 is 11.9 Å². The first-order chi connectivity index (χ1) is 10.2. The number of terminal acetylenes is 1. The Labute approximate surface area is 125 Å². The van der Waals surface area contributed by atoms with Crippen LogP contribution >= 0.6 is 0 Å². The van der Waals surface area contributed by atoms with Gasteiger partial charge in [-0.15, -0.1) is 6.42 Å². The summed E-state index contributed by atoms with van der Waals surface area (Å²) in [5.74, 6) is 3.51. The summed E-state index contributed by atoms with van der Waals surface area (Å²) in [5.41, 5.74) is 6.97. The number of aliphatic imine (C=N–C) groups is 1. The Morgan fingerprint density at radius 1 is 1.33 bits per heavy atom. The highest BCUT2D eigenvalue weighted by atomic mass is 16.2. The molecular formula is C17H19N3O. The fourth-order valence-corrected chi connectivity index (χ4v) is 3.58. The van der Waals surface area contributed by atoms with E-state index in [0.717, 1.165) is 25.7 Å². The number of hydrogen-bond donors (Lipinski definition) is 1. The van der Waals surface area contributed by atoms with Crippen LogP contribution in [0.5, 0.6) is 0 Å². The fraction of sp³-hybridized carbons (Fsp3) is 0.412. The molecule has 1 aromatic rings. The van der Waals surface area contributed by atoms with E-state index in [-0.39, 0.29) is 12.6 Å². The second-order valence-electron chi connectivity index (χ2n) is 5.79. The minimum absolute atomic E-state index is 0.277. The zero-order valence-corrected chi connectivity index (χ0v) is 12.0. The van der Waals surface area contributed by atoms with Crippen molar-refractivity contribution in [1.29, 1.82) is 0 Å². The molecule has 0 atom stereocenters. The van der Waals surface area contributed by atoms with E-state index in [2.05, 4.69) is 35.2 Å². The van der Waals surface area contributed by atoms with Gasteiger partial charge in [-0.1, -0.05) is 36.3 Å². The maximum atomic E-state index is 12.0. The molecule has 108 valence electrons. The Kier molecular flexibility index (Phi) is 3.42. The van der Waals surface area contributed by atoms with E-state index in [9.17, 15) is 4.79 Å². The molecule has 4 heteroatoms. The first-order valence-electron chi connectivity index (χ1n) is 7.32. The molecule has 4 nitrogen and oxygen atoms in total. The maximum Gasteiger partial charge on any atom is 0.346 e. The van der Waals surface area contributed by atoms with Crippen molar-refractivity contribution in [1.82, 2.24) is 4.90 Å². The van der Waals surface area contributed by atoms with E-state index < -0.39 is 5.54 Å². The largest absolute Gasteiger partial charge is 0.385 e. The number of benzene rings is 1. The van der Waals surface area contributed by atoms with E-state index in [0.29, 0.717) is 11.8 Å². The molecule has 2 N–H and O–H groups in total. The Hall–Kier alpha value is -2.28. The van der Waals surface area contributed by atoms with Crippen LogP contribution in [0.3, 0.4) is 0 Å². The summed E-state index contributed by atoms with van der Waals surface area (Å²) in [6.45, 7) is 0.277. The van der Waals surface area contributed by atoms with Crippen LogP contribution in [0.2, 0.25) is 0 Å². The number of hydrogen-bond acceptors (Lipinski definition) is 2. The van der Waals surface area contributed by atoms with Gasteiger partial charge in [0.25, 0.3) is 0 Å². The molecule has 1 spiro atoms. The molecule has 3 rings (SSSR count). The molecule has 0 bridgehead atoms. The van der Waals surface area contributed by atoms with Crippen molar-refractivity contribution in [2.24, 2.45) is 10.7 Å². The van der Waals surface area contributed by atoms with Crippen LogP contribution in [0.1, 0.15) is 37.2 Å². The summed E-state index contributed by atoms with van der Waals surface area (Å²) in [6.07, 6.45) is 9.04. The average Bonchev–Trinajstić information content (AvgIpc) is 2.74. The highest BCUT2D eigenvalue weighted by molar-refractivity contribution is 6.06. The topological polar surface area (TPSA) is 58.7 Å². The summed E-state index contributed by atoms with van der Waals surface area (Å²) >= 11 is 0. The van der Waals surface area contributed by atoms with Gasteiger partial charge in [0.05, 0.1) is 6.54 Å². The second-order valence-corrected chi connectivity index (χ2v) is 5.79. The second kappa shape index (κ2) is 5.25. The van der Waals surface area contributed by atoms with E-state index in [1.165, 1.54) is 5.56 Å². The fourth-order valence-electron chi connectivity index (χ4n) is 3.58. The van der Waals surface area contributed by atoms with Gasteiger partial charge in [-0.2, -0.15) is 4.99 Å². The molecule has 1 heterocycles. The van der Waals surface area contributed by atoms with Gasteiger partial charge in [0.15, 0.2) is 0 Å². The number of rotatable bonds is 2. The Morgan fingerprint density at radius 2 is 2.00 bits per heavy atom. The third-order valence-electron chi connectivity index (χ3n) is 4.77. The van der Waals surface area contributed by atoms with Crippen LogP contribution in [-0.2, 0) is 0 Å². The van der Waals surface area contributed by atoms with Gasteiger partial charge >= 0.3 is 6.03 Å². The van der Waals surface area contributed by atoms with Gasteiger partial charge in [0, 0.05) is 0 Å². The Balaban J connectivity index is 1.79. The first-order valence-corrected chi connectivity index (χ1v) is 7.32. The van der Waals surface area contributed by atoms with Crippen molar-refractivity contribution in [2.45, 2.75) is 37.1 Å². The van der Waals surface area contributed by atoms with Gasteiger partial charge in [-0.05, 0) is 37.2 Å². The number of amides is 2. The third kappa shape index (κ3) is 2.19. The van der Waals surface area contributed by atoms with E-state index >= 15 is 0 Å². The highest BCUT2D eigenvalue weighted by Gasteiger charge is 2.49. The predicted molar refractivity (Wildman–Crippen MR) is 82.9 cm³/mol. The van der Waals surface area contributed by atoms with Crippen molar-refractivity contribution in [3.8, 4) is 12.3 Å². The van der Waals surface area contributed by atoms with Crippen LogP contribution < -0.4 is 5.73 Å². The predicted octanol–water partition coefficient (Wildman–Crippen LogP) is 2.51. The van der Waals surface area contributed by atoms with Crippen LogP contribution in [0.4, 0.5) is 4.79 Å². The molecule has 1 saturated carbocycles. The van der Waals surface area contributed by atoms with E-state index in [4.69, 9.17) is 12.2 Å².